The quantitative estimate of drug-likeness (QED) is 0.579. The first-order chi connectivity index (χ1) is 7.70. The van der Waals surface area contributed by atoms with Gasteiger partial charge < -0.3 is 10.6 Å². The van der Waals surface area contributed by atoms with Gasteiger partial charge >= 0.3 is 5.69 Å². The minimum absolute atomic E-state index is 0.0849. The summed E-state index contributed by atoms with van der Waals surface area (Å²) in [7, 11) is 0. The van der Waals surface area contributed by atoms with Crippen LogP contribution in [0.25, 0.3) is 0 Å². The maximum absolute atomic E-state index is 10.4. The van der Waals surface area contributed by atoms with Crippen molar-refractivity contribution in [1.29, 1.82) is 0 Å². The first-order valence-corrected chi connectivity index (χ1v) is 5.12. The number of rotatable bonds is 3. The van der Waals surface area contributed by atoms with Crippen LogP contribution in [0.5, 0.6) is 0 Å². The van der Waals surface area contributed by atoms with E-state index in [2.05, 4.69) is 9.97 Å². The molecule has 1 saturated heterocycles. The van der Waals surface area contributed by atoms with E-state index in [1.54, 1.807) is 0 Å². The van der Waals surface area contributed by atoms with Crippen LogP contribution in [0.2, 0.25) is 0 Å². The van der Waals surface area contributed by atoms with Crippen LogP contribution in [0, 0.1) is 16.0 Å². The molecule has 0 saturated carbocycles. The Hall–Kier alpha value is -1.76. The van der Waals surface area contributed by atoms with E-state index < -0.39 is 4.92 Å². The Kier molecular flexibility index (Phi) is 2.95. The fourth-order valence-electron chi connectivity index (χ4n) is 1.78. The van der Waals surface area contributed by atoms with Crippen molar-refractivity contribution in [1.82, 2.24) is 9.97 Å². The average Bonchev–Trinajstić information content (AvgIpc) is 2.77. The van der Waals surface area contributed by atoms with Crippen LogP contribution in [-0.4, -0.2) is 34.5 Å². The third kappa shape index (κ3) is 2.08. The molecule has 0 amide bonds. The van der Waals surface area contributed by atoms with Crippen molar-refractivity contribution in [3.05, 3.63) is 22.5 Å². The first kappa shape index (κ1) is 10.7. The smallest absolute Gasteiger partial charge is 0.305 e. The monoisotopic (exact) mass is 223 g/mol. The Morgan fingerprint density at radius 3 is 2.75 bits per heavy atom. The van der Waals surface area contributed by atoms with Gasteiger partial charge in [-0.25, -0.2) is 9.97 Å². The highest BCUT2D eigenvalue weighted by atomic mass is 16.6. The summed E-state index contributed by atoms with van der Waals surface area (Å²) in [6.45, 7) is 2.34. The Morgan fingerprint density at radius 2 is 2.25 bits per heavy atom. The van der Waals surface area contributed by atoms with Crippen LogP contribution in [-0.2, 0) is 0 Å². The molecule has 2 N–H and O–H groups in total. The predicted molar refractivity (Wildman–Crippen MR) is 58.1 cm³/mol. The summed E-state index contributed by atoms with van der Waals surface area (Å²) < 4.78 is 0. The molecular formula is C9H13N5O2. The molecule has 1 fully saturated rings. The molecule has 2 rings (SSSR count). The second-order valence-corrected chi connectivity index (χ2v) is 3.83. The standard InChI is InChI=1S/C9H13N5O2/c10-3-7-1-2-13(6-7)9-11-4-8(5-12-9)14(15)16/h4-5,7H,1-3,6,10H2. The number of anilines is 1. The highest BCUT2D eigenvalue weighted by molar-refractivity contribution is 5.35. The molecule has 1 aromatic rings. The number of nitrogens with two attached hydrogens (primary N) is 1. The van der Waals surface area contributed by atoms with Gasteiger partial charge in [0.05, 0.1) is 4.92 Å². The Morgan fingerprint density at radius 1 is 1.56 bits per heavy atom. The molecule has 1 aromatic heterocycles. The number of aromatic nitrogens is 2. The SMILES string of the molecule is NCC1CCN(c2ncc([N+](=O)[O-])cn2)C1. The van der Waals surface area contributed by atoms with Crippen LogP contribution < -0.4 is 10.6 Å². The molecule has 1 aliphatic heterocycles. The first-order valence-electron chi connectivity index (χ1n) is 5.12. The molecule has 7 heteroatoms. The maximum atomic E-state index is 10.4. The van der Waals surface area contributed by atoms with Gasteiger partial charge in [0.15, 0.2) is 0 Å². The minimum Gasteiger partial charge on any atom is -0.340 e. The molecular weight excluding hydrogens is 210 g/mol. The summed E-state index contributed by atoms with van der Waals surface area (Å²) in [5.74, 6) is 1.01. The van der Waals surface area contributed by atoms with Crippen LogP contribution >= 0.6 is 0 Å². The summed E-state index contributed by atoms with van der Waals surface area (Å²) in [6, 6.07) is 0. The van der Waals surface area contributed by atoms with Gasteiger partial charge in [0, 0.05) is 13.1 Å². The highest BCUT2D eigenvalue weighted by Gasteiger charge is 2.23. The van der Waals surface area contributed by atoms with Gasteiger partial charge in [-0.2, -0.15) is 0 Å². The Labute approximate surface area is 92.4 Å². The summed E-state index contributed by atoms with van der Waals surface area (Å²) in [4.78, 5) is 19.9. The van der Waals surface area contributed by atoms with Crippen LogP contribution in [0.4, 0.5) is 11.6 Å². The van der Waals surface area contributed by atoms with Crippen molar-refractivity contribution in [3.63, 3.8) is 0 Å². The zero-order chi connectivity index (χ0) is 11.5. The lowest BCUT2D eigenvalue weighted by atomic mass is 10.1. The Balaban J connectivity index is 2.08. The van der Waals surface area contributed by atoms with Crippen LogP contribution in [0.15, 0.2) is 12.4 Å². The van der Waals surface area contributed by atoms with Crippen molar-refractivity contribution >= 4 is 11.6 Å². The summed E-state index contributed by atoms with van der Waals surface area (Å²) in [5.41, 5.74) is 5.50. The zero-order valence-corrected chi connectivity index (χ0v) is 8.74. The summed E-state index contributed by atoms with van der Waals surface area (Å²) in [6.07, 6.45) is 3.49. The van der Waals surface area contributed by atoms with E-state index in [0.29, 0.717) is 18.4 Å². The van der Waals surface area contributed by atoms with E-state index in [1.165, 1.54) is 12.4 Å². The van der Waals surface area contributed by atoms with Crippen LogP contribution in [0.3, 0.4) is 0 Å². The van der Waals surface area contributed by atoms with E-state index in [1.807, 2.05) is 4.90 Å². The molecule has 7 nitrogen and oxygen atoms in total. The Bertz CT molecular complexity index is 380. The normalized spacial score (nSPS) is 20.1. The molecule has 1 aliphatic rings. The van der Waals surface area contributed by atoms with Gasteiger partial charge in [-0.3, -0.25) is 10.1 Å². The fraction of sp³-hybridized carbons (Fsp3) is 0.556. The number of hydrogen-bond donors (Lipinski definition) is 1. The van der Waals surface area contributed by atoms with E-state index in [9.17, 15) is 10.1 Å². The van der Waals surface area contributed by atoms with Gasteiger partial charge in [-0.05, 0) is 18.9 Å². The van der Waals surface area contributed by atoms with Gasteiger partial charge in [-0.15, -0.1) is 0 Å². The third-order valence-electron chi connectivity index (χ3n) is 2.74. The lowest BCUT2D eigenvalue weighted by molar-refractivity contribution is -0.385. The zero-order valence-electron chi connectivity index (χ0n) is 8.74. The minimum atomic E-state index is -0.504. The molecule has 0 aliphatic carbocycles. The molecule has 16 heavy (non-hydrogen) atoms. The number of nitrogens with zero attached hydrogens (tertiary/aromatic N) is 4. The molecule has 1 unspecified atom stereocenters. The van der Waals surface area contributed by atoms with Crippen molar-refractivity contribution in [2.24, 2.45) is 11.7 Å². The van der Waals surface area contributed by atoms with Crippen LogP contribution in [0.1, 0.15) is 6.42 Å². The molecule has 0 bridgehead atoms. The second kappa shape index (κ2) is 4.40. The van der Waals surface area contributed by atoms with E-state index in [4.69, 9.17) is 5.73 Å². The molecule has 1 atom stereocenters. The lowest BCUT2D eigenvalue weighted by Gasteiger charge is -2.14. The average molecular weight is 223 g/mol. The van der Waals surface area contributed by atoms with Gasteiger partial charge in [0.1, 0.15) is 12.4 Å². The van der Waals surface area contributed by atoms with Crippen molar-refractivity contribution in [2.45, 2.75) is 6.42 Å². The lowest BCUT2D eigenvalue weighted by Crippen LogP contribution is -2.24. The maximum Gasteiger partial charge on any atom is 0.305 e. The molecule has 2 heterocycles. The highest BCUT2D eigenvalue weighted by Crippen LogP contribution is 2.20. The van der Waals surface area contributed by atoms with E-state index >= 15 is 0 Å². The van der Waals surface area contributed by atoms with E-state index in [-0.39, 0.29) is 5.69 Å². The summed E-state index contributed by atoms with van der Waals surface area (Å²) in [5, 5.41) is 10.4. The van der Waals surface area contributed by atoms with Crippen molar-refractivity contribution < 1.29 is 4.92 Å². The molecule has 0 radical (unpaired) electrons. The third-order valence-corrected chi connectivity index (χ3v) is 2.74. The molecule has 86 valence electrons. The molecule has 0 spiro atoms. The van der Waals surface area contributed by atoms with E-state index in [0.717, 1.165) is 19.5 Å². The van der Waals surface area contributed by atoms with Gasteiger partial charge in [0.25, 0.3) is 0 Å². The molecule has 0 aromatic carbocycles. The summed E-state index contributed by atoms with van der Waals surface area (Å²) >= 11 is 0. The van der Waals surface area contributed by atoms with Gasteiger partial charge in [-0.1, -0.05) is 0 Å². The number of nitro groups is 1. The fourth-order valence-corrected chi connectivity index (χ4v) is 1.78. The topological polar surface area (TPSA) is 98.2 Å². The van der Waals surface area contributed by atoms with Crippen molar-refractivity contribution in [2.75, 3.05) is 24.5 Å². The predicted octanol–water partition coefficient (Wildman–Crippen LogP) is 0.170. The largest absolute Gasteiger partial charge is 0.340 e. The van der Waals surface area contributed by atoms with Gasteiger partial charge in [0.2, 0.25) is 5.95 Å². The van der Waals surface area contributed by atoms with Crippen molar-refractivity contribution in [3.8, 4) is 0 Å². The second-order valence-electron chi connectivity index (χ2n) is 3.83. The number of hydrogen-bond acceptors (Lipinski definition) is 6.